The van der Waals surface area contributed by atoms with E-state index in [1.807, 2.05) is 11.3 Å². The van der Waals surface area contributed by atoms with E-state index in [0.29, 0.717) is 5.92 Å². The van der Waals surface area contributed by atoms with Crippen LogP contribution < -0.4 is 0 Å². The van der Waals surface area contributed by atoms with Gasteiger partial charge in [-0.3, -0.25) is 0 Å². The summed E-state index contributed by atoms with van der Waals surface area (Å²) >= 11 is 7.48. The van der Waals surface area contributed by atoms with Crippen molar-refractivity contribution in [3.05, 3.63) is 76.0 Å². The first-order chi connectivity index (χ1) is 11.6. The Bertz CT molecular complexity index is 750. The lowest BCUT2D eigenvalue weighted by atomic mass is 9.88. The average Bonchev–Trinajstić information content (AvgIpc) is 3.24. The SMILES string of the molecule is C=C(C)CCC(=S)CCC(C1=CCc2ccccc21)c1cccs1. The summed E-state index contributed by atoms with van der Waals surface area (Å²) in [5, 5.41) is 2.18. The zero-order chi connectivity index (χ0) is 16.9. The van der Waals surface area contributed by atoms with Crippen LogP contribution in [-0.2, 0) is 6.42 Å². The quantitative estimate of drug-likeness (QED) is 0.365. The topological polar surface area (TPSA) is 0 Å². The second kappa shape index (κ2) is 8.04. The van der Waals surface area contributed by atoms with Gasteiger partial charge >= 0.3 is 0 Å². The second-order valence-corrected chi connectivity index (χ2v) is 8.18. The van der Waals surface area contributed by atoms with Gasteiger partial charge in [0.1, 0.15) is 0 Å². The molecule has 1 aromatic heterocycles. The van der Waals surface area contributed by atoms with Crippen LogP contribution in [0.15, 0.2) is 60.0 Å². The maximum atomic E-state index is 5.62. The fourth-order valence-electron chi connectivity index (χ4n) is 3.36. The summed E-state index contributed by atoms with van der Waals surface area (Å²) in [4.78, 5) is 2.65. The number of benzene rings is 1. The summed E-state index contributed by atoms with van der Waals surface area (Å²) in [6.45, 7) is 6.06. The smallest absolute Gasteiger partial charge is 0.0190 e. The van der Waals surface area contributed by atoms with Crippen LogP contribution in [0.1, 0.15) is 54.5 Å². The number of fused-ring (bicyclic) bond motifs is 1. The third kappa shape index (κ3) is 4.12. The molecule has 0 spiro atoms. The maximum absolute atomic E-state index is 5.62. The summed E-state index contributed by atoms with van der Waals surface area (Å²) in [5.74, 6) is 0.469. The van der Waals surface area contributed by atoms with Crippen molar-refractivity contribution in [1.82, 2.24) is 0 Å². The molecule has 1 unspecified atom stereocenters. The molecule has 24 heavy (non-hydrogen) atoms. The molecule has 124 valence electrons. The van der Waals surface area contributed by atoms with E-state index in [0.717, 1.165) is 32.1 Å². The van der Waals surface area contributed by atoms with E-state index in [4.69, 9.17) is 12.2 Å². The van der Waals surface area contributed by atoms with Gasteiger partial charge in [-0.2, -0.15) is 0 Å². The number of rotatable bonds is 8. The summed E-state index contributed by atoms with van der Waals surface area (Å²) in [5.41, 5.74) is 5.61. The molecular formula is C22H24S2. The zero-order valence-corrected chi connectivity index (χ0v) is 15.9. The van der Waals surface area contributed by atoms with Crippen LogP contribution in [0.25, 0.3) is 5.57 Å². The third-order valence-electron chi connectivity index (χ3n) is 4.67. The Labute approximate surface area is 154 Å². The highest BCUT2D eigenvalue weighted by molar-refractivity contribution is 7.80. The van der Waals surface area contributed by atoms with Crippen molar-refractivity contribution in [3.8, 4) is 0 Å². The van der Waals surface area contributed by atoms with Crippen LogP contribution >= 0.6 is 23.6 Å². The van der Waals surface area contributed by atoms with Crippen LogP contribution in [0.4, 0.5) is 0 Å². The Morgan fingerprint density at radius 2 is 2.00 bits per heavy atom. The first-order valence-corrected chi connectivity index (χ1v) is 9.91. The average molecular weight is 353 g/mol. The lowest BCUT2D eigenvalue weighted by Gasteiger charge is -2.19. The highest BCUT2D eigenvalue weighted by Crippen LogP contribution is 2.42. The molecule has 0 bridgehead atoms. The fraction of sp³-hybridized carbons (Fsp3) is 0.318. The van der Waals surface area contributed by atoms with Crippen molar-refractivity contribution < 1.29 is 0 Å². The number of thiophene rings is 1. The predicted molar refractivity (Wildman–Crippen MR) is 111 cm³/mol. The Balaban J connectivity index is 1.74. The monoisotopic (exact) mass is 352 g/mol. The van der Waals surface area contributed by atoms with Crippen LogP contribution in [0.2, 0.25) is 0 Å². The van der Waals surface area contributed by atoms with E-state index in [1.54, 1.807) is 0 Å². The van der Waals surface area contributed by atoms with Crippen molar-refractivity contribution in [2.45, 2.75) is 44.9 Å². The third-order valence-corrected chi connectivity index (χ3v) is 6.07. The van der Waals surface area contributed by atoms with E-state index in [-0.39, 0.29) is 0 Å². The molecule has 0 amide bonds. The molecule has 3 rings (SSSR count). The molecule has 1 atom stereocenters. The second-order valence-electron chi connectivity index (χ2n) is 6.62. The van der Waals surface area contributed by atoms with Crippen LogP contribution in [0.3, 0.4) is 0 Å². The summed E-state index contributed by atoms with van der Waals surface area (Å²) in [6, 6.07) is 13.3. The summed E-state index contributed by atoms with van der Waals surface area (Å²) in [7, 11) is 0. The first-order valence-electron chi connectivity index (χ1n) is 8.63. The largest absolute Gasteiger partial charge is 0.148 e. The Morgan fingerprint density at radius 3 is 2.75 bits per heavy atom. The number of allylic oxidation sites excluding steroid dienone is 3. The molecule has 2 aromatic rings. The minimum atomic E-state index is 0.469. The minimum absolute atomic E-state index is 0.469. The molecule has 1 aliphatic carbocycles. The molecule has 1 heterocycles. The van der Waals surface area contributed by atoms with Gasteiger partial charge in [-0.15, -0.1) is 17.9 Å². The van der Waals surface area contributed by atoms with Gasteiger partial charge in [0.25, 0.3) is 0 Å². The van der Waals surface area contributed by atoms with E-state index in [2.05, 4.69) is 61.4 Å². The van der Waals surface area contributed by atoms with Crippen LogP contribution in [0.5, 0.6) is 0 Å². The van der Waals surface area contributed by atoms with Crippen LogP contribution in [-0.4, -0.2) is 4.86 Å². The summed E-state index contributed by atoms with van der Waals surface area (Å²) < 4.78 is 0. The number of hydrogen-bond acceptors (Lipinski definition) is 2. The molecular weight excluding hydrogens is 328 g/mol. The van der Waals surface area contributed by atoms with Crippen LogP contribution in [0, 0.1) is 0 Å². The van der Waals surface area contributed by atoms with Crippen molar-refractivity contribution in [2.24, 2.45) is 0 Å². The van der Waals surface area contributed by atoms with Gasteiger partial charge < -0.3 is 0 Å². The molecule has 1 aromatic carbocycles. The molecule has 0 saturated heterocycles. The van der Waals surface area contributed by atoms with Crippen molar-refractivity contribution in [3.63, 3.8) is 0 Å². The summed E-state index contributed by atoms with van der Waals surface area (Å²) in [6.07, 6.45) is 7.63. The molecule has 0 nitrogen and oxygen atoms in total. The Morgan fingerprint density at radius 1 is 1.17 bits per heavy atom. The number of thiocarbonyl (C=S) groups is 1. The first kappa shape index (κ1) is 17.3. The van der Waals surface area contributed by atoms with Gasteiger partial charge in [-0.1, -0.05) is 54.2 Å². The highest BCUT2D eigenvalue weighted by Gasteiger charge is 2.24. The molecule has 0 N–H and O–H groups in total. The van der Waals surface area contributed by atoms with Gasteiger partial charge in [0.2, 0.25) is 0 Å². The molecule has 1 aliphatic rings. The normalized spacial score (nSPS) is 14.1. The highest BCUT2D eigenvalue weighted by atomic mass is 32.1. The lowest BCUT2D eigenvalue weighted by molar-refractivity contribution is 0.790. The zero-order valence-electron chi connectivity index (χ0n) is 14.3. The molecule has 0 fully saturated rings. The molecule has 0 aliphatic heterocycles. The van der Waals surface area contributed by atoms with E-state index < -0.39 is 0 Å². The molecule has 2 heteroatoms. The fourth-order valence-corrected chi connectivity index (χ4v) is 4.46. The van der Waals surface area contributed by atoms with Gasteiger partial charge in [-0.05, 0) is 72.0 Å². The maximum Gasteiger partial charge on any atom is 0.0190 e. The van der Waals surface area contributed by atoms with Crippen molar-refractivity contribution in [1.29, 1.82) is 0 Å². The molecule has 0 saturated carbocycles. The molecule has 0 radical (unpaired) electrons. The van der Waals surface area contributed by atoms with Crippen molar-refractivity contribution in [2.75, 3.05) is 0 Å². The predicted octanol–water partition coefficient (Wildman–Crippen LogP) is 6.98. The number of hydrogen-bond donors (Lipinski definition) is 0. The van der Waals surface area contributed by atoms with Crippen molar-refractivity contribution >= 4 is 34.0 Å². The van der Waals surface area contributed by atoms with Gasteiger partial charge in [0.05, 0.1) is 0 Å². The van der Waals surface area contributed by atoms with E-state index >= 15 is 0 Å². The standard InChI is InChI=1S/C22H24S2/c1-16(2)9-11-18(23)12-14-21(22-8-5-15-24-22)20-13-10-17-6-3-4-7-19(17)20/h3-8,13,15,21H,1,9-12,14H2,2H3. The van der Waals surface area contributed by atoms with E-state index in [1.165, 1.54) is 32.0 Å². The Kier molecular flexibility index (Phi) is 5.80. The lowest BCUT2D eigenvalue weighted by Crippen LogP contribution is -2.04. The van der Waals surface area contributed by atoms with Gasteiger partial charge in [0.15, 0.2) is 0 Å². The Hall–Kier alpha value is -1.51. The van der Waals surface area contributed by atoms with E-state index in [9.17, 15) is 0 Å². The van der Waals surface area contributed by atoms with Gasteiger partial charge in [0, 0.05) is 10.8 Å². The minimum Gasteiger partial charge on any atom is -0.148 e. The van der Waals surface area contributed by atoms with Gasteiger partial charge in [-0.25, -0.2) is 0 Å².